The van der Waals surface area contributed by atoms with E-state index in [2.05, 4.69) is 17.6 Å². The Bertz CT molecular complexity index is 816. The van der Waals surface area contributed by atoms with E-state index in [4.69, 9.17) is 9.47 Å². The summed E-state index contributed by atoms with van der Waals surface area (Å²) < 4.78 is 10.4. The maximum absolute atomic E-state index is 12.7. The van der Waals surface area contributed by atoms with Crippen LogP contribution in [0.5, 0.6) is 11.5 Å². The summed E-state index contributed by atoms with van der Waals surface area (Å²) in [5.41, 5.74) is 0.576. The number of hydrogen-bond acceptors (Lipinski definition) is 5. The predicted octanol–water partition coefficient (Wildman–Crippen LogP) is 3.84. The van der Waals surface area contributed by atoms with Crippen LogP contribution in [0, 0.1) is 0 Å². The number of ether oxygens (including phenoxy) is 2. The predicted molar refractivity (Wildman–Crippen MR) is 112 cm³/mol. The molecule has 6 nitrogen and oxygen atoms in total. The first-order valence-corrected chi connectivity index (χ1v) is 10.0. The molecule has 7 heteroatoms. The number of nitrogens with one attached hydrogen (secondary N) is 2. The molecule has 28 heavy (non-hydrogen) atoms. The highest BCUT2D eigenvalue weighted by Crippen LogP contribution is 2.27. The molecule has 0 spiro atoms. The molecule has 2 N–H and O–H groups in total. The molecule has 2 rings (SSSR count). The van der Waals surface area contributed by atoms with Crippen molar-refractivity contribution in [2.24, 2.45) is 0 Å². The van der Waals surface area contributed by atoms with Gasteiger partial charge in [0, 0.05) is 17.0 Å². The SMILES string of the molecule is CCCCCNC(=O)/C(=C/c1cccs1)NC(=O)c1ccc(OC)c(OC)c1. The molecule has 0 fully saturated rings. The number of rotatable bonds is 10. The van der Waals surface area contributed by atoms with Gasteiger partial charge in [-0.05, 0) is 42.1 Å². The number of amides is 2. The number of thiophene rings is 1. The average molecular weight is 403 g/mol. The van der Waals surface area contributed by atoms with E-state index in [1.165, 1.54) is 25.6 Å². The average Bonchev–Trinajstić information content (AvgIpc) is 3.23. The van der Waals surface area contributed by atoms with Gasteiger partial charge in [-0.2, -0.15) is 0 Å². The quantitative estimate of drug-likeness (QED) is 0.468. The van der Waals surface area contributed by atoms with Gasteiger partial charge in [-0.1, -0.05) is 25.8 Å². The Morgan fingerprint density at radius 3 is 2.54 bits per heavy atom. The van der Waals surface area contributed by atoms with Crippen LogP contribution in [0.2, 0.25) is 0 Å². The minimum Gasteiger partial charge on any atom is -0.493 e. The largest absolute Gasteiger partial charge is 0.493 e. The first-order valence-electron chi connectivity index (χ1n) is 9.15. The zero-order valence-electron chi connectivity index (χ0n) is 16.4. The smallest absolute Gasteiger partial charge is 0.267 e. The third kappa shape index (κ3) is 6.13. The van der Waals surface area contributed by atoms with Crippen molar-refractivity contribution in [2.45, 2.75) is 26.2 Å². The van der Waals surface area contributed by atoms with Crippen molar-refractivity contribution in [3.8, 4) is 11.5 Å². The molecule has 0 aliphatic rings. The number of hydrogen-bond donors (Lipinski definition) is 2. The fourth-order valence-corrected chi connectivity index (χ4v) is 3.18. The molecule has 0 saturated carbocycles. The molecule has 2 aromatic rings. The van der Waals surface area contributed by atoms with E-state index in [0.717, 1.165) is 24.1 Å². The first kappa shape index (κ1) is 21.5. The van der Waals surface area contributed by atoms with Gasteiger partial charge < -0.3 is 20.1 Å². The van der Waals surface area contributed by atoms with Crippen LogP contribution in [0.25, 0.3) is 6.08 Å². The zero-order chi connectivity index (χ0) is 20.4. The van der Waals surface area contributed by atoms with Gasteiger partial charge in [0.05, 0.1) is 14.2 Å². The van der Waals surface area contributed by atoms with Gasteiger partial charge in [0.15, 0.2) is 11.5 Å². The van der Waals surface area contributed by atoms with Crippen LogP contribution in [-0.2, 0) is 4.79 Å². The fraction of sp³-hybridized carbons (Fsp3) is 0.333. The minimum atomic E-state index is -0.396. The highest BCUT2D eigenvalue weighted by atomic mass is 32.1. The van der Waals surface area contributed by atoms with Crippen LogP contribution >= 0.6 is 11.3 Å². The van der Waals surface area contributed by atoms with Crippen molar-refractivity contribution in [1.29, 1.82) is 0 Å². The normalized spacial score (nSPS) is 11.0. The van der Waals surface area contributed by atoms with E-state index < -0.39 is 5.91 Å². The summed E-state index contributed by atoms with van der Waals surface area (Å²) in [7, 11) is 3.04. The lowest BCUT2D eigenvalue weighted by molar-refractivity contribution is -0.117. The van der Waals surface area contributed by atoms with E-state index in [9.17, 15) is 9.59 Å². The molecule has 150 valence electrons. The number of unbranched alkanes of at least 4 members (excludes halogenated alkanes) is 2. The molecule has 0 aliphatic heterocycles. The third-order valence-corrected chi connectivity index (χ3v) is 4.85. The van der Waals surface area contributed by atoms with Crippen molar-refractivity contribution >= 4 is 29.2 Å². The van der Waals surface area contributed by atoms with Crippen LogP contribution in [0.1, 0.15) is 41.4 Å². The summed E-state index contributed by atoms with van der Waals surface area (Å²) in [6, 6.07) is 8.64. The van der Waals surface area contributed by atoms with E-state index in [1.54, 1.807) is 24.3 Å². The summed E-state index contributed by atoms with van der Waals surface area (Å²) in [5, 5.41) is 7.50. The Kier molecular flexibility index (Phi) is 8.55. The number of carbonyl (C=O) groups is 2. The van der Waals surface area contributed by atoms with Gasteiger partial charge in [-0.15, -0.1) is 11.3 Å². The summed E-state index contributed by atoms with van der Waals surface area (Å²) in [4.78, 5) is 26.2. The maximum atomic E-state index is 12.7. The number of carbonyl (C=O) groups excluding carboxylic acids is 2. The minimum absolute atomic E-state index is 0.207. The Hall–Kier alpha value is -2.80. The number of methoxy groups -OCH3 is 2. The van der Waals surface area contributed by atoms with Crippen molar-refractivity contribution in [3.63, 3.8) is 0 Å². The monoisotopic (exact) mass is 402 g/mol. The van der Waals surface area contributed by atoms with Gasteiger partial charge in [-0.25, -0.2) is 0 Å². The lowest BCUT2D eigenvalue weighted by atomic mass is 10.1. The Morgan fingerprint density at radius 1 is 1.11 bits per heavy atom. The van der Waals surface area contributed by atoms with E-state index in [1.807, 2.05) is 17.5 Å². The van der Waals surface area contributed by atoms with Gasteiger partial charge in [-0.3, -0.25) is 9.59 Å². The second kappa shape index (κ2) is 11.1. The van der Waals surface area contributed by atoms with Crippen molar-refractivity contribution in [1.82, 2.24) is 10.6 Å². The molecule has 0 atom stereocenters. The molecule has 0 bridgehead atoms. The van der Waals surface area contributed by atoms with E-state index in [-0.39, 0.29) is 11.6 Å². The van der Waals surface area contributed by atoms with Gasteiger partial charge in [0.25, 0.3) is 11.8 Å². The van der Waals surface area contributed by atoms with Crippen LogP contribution in [0.4, 0.5) is 0 Å². The maximum Gasteiger partial charge on any atom is 0.267 e. The van der Waals surface area contributed by atoms with Crippen LogP contribution < -0.4 is 20.1 Å². The highest BCUT2D eigenvalue weighted by molar-refractivity contribution is 7.10. The molecular formula is C21H26N2O4S. The van der Waals surface area contributed by atoms with Gasteiger partial charge in [0.1, 0.15) is 5.70 Å². The van der Waals surface area contributed by atoms with Crippen molar-refractivity contribution < 1.29 is 19.1 Å². The molecule has 2 amide bonds. The van der Waals surface area contributed by atoms with E-state index in [0.29, 0.717) is 23.6 Å². The summed E-state index contributed by atoms with van der Waals surface area (Å²) >= 11 is 1.49. The second-order valence-corrected chi connectivity index (χ2v) is 7.04. The number of benzene rings is 1. The molecule has 0 aliphatic carbocycles. The van der Waals surface area contributed by atoms with Crippen LogP contribution in [0.15, 0.2) is 41.4 Å². The zero-order valence-corrected chi connectivity index (χ0v) is 17.2. The third-order valence-electron chi connectivity index (χ3n) is 4.03. The first-order chi connectivity index (χ1) is 13.6. The summed E-state index contributed by atoms with van der Waals surface area (Å²) in [6.07, 6.45) is 4.70. The standard InChI is InChI=1S/C21H26N2O4S/c1-4-5-6-11-22-21(25)17(14-16-8-7-12-28-16)23-20(24)15-9-10-18(26-2)19(13-15)27-3/h7-10,12-14H,4-6,11H2,1-3H3,(H,22,25)(H,23,24)/b17-14-. The molecule has 0 radical (unpaired) electrons. The fourth-order valence-electron chi connectivity index (χ4n) is 2.52. The summed E-state index contributed by atoms with van der Waals surface area (Å²) in [6.45, 7) is 2.67. The van der Waals surface area contributed by atoms with Gasteiger partial charge >= 0.3 is 0 Å². The molecular weight excluding hydrogens is 376 g/mol. The van der Waals surface area contributed by atoms with Crippen molar-refractivity contribution in [2.75, 3.05) is 20.8 Å². The second-order valence-electron chi connectivity index (χ2n) is 6.06. The molecule has 1 aromatic heterocycles. The lowest BCUT2D eigenvalue weighted by Crippen LogP contribution is -2.35. The molecule has 0 saturated heterocycles. The summed E-state index contributed by atoms with van der Waals surface area (Å²) in [5.74, 6) is 0.274. The van der Waals surface area contributed by atoms with E-state index >= 15 is 0 Å². The molecule has 1 heterocycles. The van der Waals surface area contributed by atoms with Crippen LogP contribution in [-0.4, -0.2) is 32.6 Å². The molecule has 0 unspecified atom stereocenters. The topological polar surface area (TPSA) is 76.7 Å². The highest BCUT2D eigenvalue weighted by Gasteiger charge is 2.16. The Balaban J connectivity index is 2.17. The lowest BCUT2D eigenvalue weighted by Gasteiger charge is -2.12. The van der Waals surface area contributed by atoms with Gasteiger partial charge in [0.2, 0.25) is 0 Å². The Morgan fingerprint density at radius 2 is 1.89 bits per heavy atom. The Labute approximate surface area is 169 Å². The molecule has 1 aromatic carbocycles. The van der Waals surface area contributed by atoms with Crippen LogP contribution in [0.3, 0.4) is 0 Å². The van der Waals surface area contributed by atoms with Crippen molar-refractivity contribution in [3.05, 3.63) is 51.8 Å².